The minimum atomic E-state index is -3.89. The Labute approximate surface area is 225 Å². The third kappa shape index (κ3) is 7.77. The normalized spacial score (nSPS) is 15.6. The number of sulfone groups is 1. The van der Waals surface area contributed by atoms with Crippen molar-refractivity contribution in [2.45, 2.75) is 45.1 Å². The van der Waals surface area contributed by atoms with Crippen molar-refractivity contribution >= 4 is 27.3 Å². The van der Waals surface area contributed by atoms with Crippen LogP contribution in [0.5, 0.6) is 5.75 Å². The van der Waals surface area contributed by atoms with Crippen molar-refractivity contribution in [1.29, 1.82) is 0 Å². The molecule has 38 heavy (non-hydrogen) atoms. The number of hydrogen-bond donors (Lipinski definition) is 0. The Balaban J connectivity index is 1.84. The van der Waals surface area contributed by atoms with Crippen LogP contribution in [0.25, 0.3) is 0 Å². The number of para-hydroxylation sites is 1. The molecular formula is C28H38FN3O5S. The number of halogens is 1. The molecule has 2 aromatic carbocycles. The Hall–Kier alpha value is -2.98. The number of anilines is 1. The van der Waals surface area contributed by atoms with Crippen molar-refractivity contribution in [3.63, 3.8) is 0 Å². The molecule has 2 amide bonds. The summed E-state index contributed by atoms with van der Waals surface area (Å²) in [5, 5.41) is 0. The highest BCUT2D eigenvalue weighted by Gasteiger charge is 2.25. The number of benzene rings is 2. The van der Waals surface area contributed by atoms with Crippen LogP contribution in [0.3, 0.4) is 0 Å². The molecule has 0 bridgehead atoms. The molecule has 2 aromatic rings. The van der Waals surface area contributed by atoms with Crippen LogP contribution in [0.1, 0.15) is 39.2 Å². The van der Waals surface area contributed by atoms with E-state index in [1.165, 1.54) is 26.2 Å². The lowest BCUT2D eigenvalue weighted by Gasteiger charge is -2.29. The van der Waals surface area contributed by atoms with Crippen molar-refractivity contribution in [2.24, 2.45) is 5.92 Å². The molecule has 0 unspecified atom stereocenters. The van der Waals surface area contributed by atoms with Crippen molar-refractivity contribution in [3.05, 3.63) is 53.8 Å². The van der Waals surface area contributed by atoms with Gasteiger partial charge in [0.25, 0.3) is 0 Å². The van der Waals surface area contributed by atoms with Crippen LogP contribution >= 0.6 is 0 Å². The Morgan fingerprint density at radius 1 is 1.05 bits per heavy atom. The van der Waals surface area contributed by atoms with Gasteiger partial charge in [-0.05, 0) is 48.7 Å². The van der Waals surface area contributed by atoms with Gasteiger partial charge in [0.2, 0.25) is 11.8 Å². The average Bonchev–Trinajstić information content (AvgIpc) is 2.90. The summed E-state index contributed by atoms with van der Waals surface area (Å²) in [5.41, 5.74) is 1.59. The average molecular weight is 548 g/mol. The van der Waals surface area contributed by atoms with Gasteiger partial charge in [0.1, 0.15) is 0 Å². The van der Waals surface area contributed by atoms with E-state index in [9.17, 15) is 22.4 Å². The van der Waals surface area contributed by atoms with Crippen LogP contribution in [0.15, 0.2) is 47.4 Å². The summed E-state index contributed by atoms with van der Waals surface area (Å²) in [5.74, 6) is -1.21. The molecule has 0 saturated carbocycles. The number of carbonyl (C=O) groups is 2. The molecule has 0 saturated heterocycles. The molecular weight excluding hydrogens is 509 g/mol. The SMILES string of the molecule is COc1ccc(S(=O)(=O)CCC(=O)N2CCN(CC(C)C)CCCN(C(C)=O)c3ccccc3C2)cc1F. The Morgan fingerprint density at radius 2 is 1.79 bits per heavy atom. The largest absolute Gasteiger partial charge is 0.494 e. The van der Waals surface area contributed by atoms with E-state index in [0.29, 0.717) is 25.6 Å². The summed E-state index contributed by atoms with van der Waals surface area (Å²) >= 11 is 0. The number of carbonyl (C=O) groups excluding carboxylic acids is 2. The molecule has 0 fully saturated rings. The van der Waals surface area contributed by atoms with E-state index in [1.54, 1.807) is 9.80 Å². The maximum absolute atomic E-state index is 14.1. The zero-order valence-electron chi connectivity index (χ0n) is 22.7. The van der Waals surface area contributed by atoms with Gasteiger partial charge in [-0.3, -0.25) is 9.59 Å². The number of nitrogens with zero attached hydrogens (tertiary/aromatic N) is 3. The minimum Gasteiger partial charge on any atom is -0.494 e. The highest BCUT2D eigenvalue weighted by atomic mass is 32.2. The molecule has 0 radical (unpaired) electrons. The van der Waals surface area contributed by atoms with E-state index >= 15 is 0 Å². The zero-order chi connectivity index (χ0) is 27.9. The highest BCUT2D eigenvalue weighted by molar-refractivity contribution is 7.91. The molecule has 208 valence electrons. The van der Waals surface area contributed by atoms with Gasteiger partial charge in [-0.2, -0.15) is 0 Å². The number of rotatable bonds is 7. The molecule has 0 spiro atoms. The Kier molecular flexibility index (Phi) is 10.3. The summed E-state index contributed by atoms with van der Waals surface area (Å²) < 4.78 is 44.8. The summed E-state index contributed by atoms with van der Waals surface area (Å²) in [7, 11) is -2.59. The maximum Gasteiger partial charge on any atom is 0.223 e. The van der Waals surface area contributed by atoms with Crippen LogP contribution < -0.4 is 9.64 Å². The van der Waals surface area contributed by atoms with Crippen LogP contribution in [0, 0.1) is 11.7 Å². The number of fused-ring (bicyclic) bond motifs is 1. The van der Waals surface area contributed by atoms with Gasteiger partial charge in [0, 0.05) is 51.8 Å². The maximum atomic E-state index is 14.1. The van der Waals surface area contributed by atoms with Crippen molar-refractivity contribution in [3.8, 4) is 5.75 Å². The van der Waals surface area contributed by atoms with Crippen molar-refractivity contribution in [1.82, 2.24) is 9.80 Å². The van der Waals surface area contributed by atoms with Gasteiger partial charge in [-0.15, -0.1) is 0 Å². The summed E-state index contributed by atoms with van der Waals surface area (Å²) in [6, 6.07) is 11.0. The van der Waals surface area contributed by atoms with Crippen LogP contribution in [-0.4, -0.2) is 75.6 Å². The predicted molar refractivity (Wildman–Crippen MR) is 145 cm³/mol. The zero-order valence-corrected chi connectivity index (χ0v) is 23.5. The molecule has 10 heteroatoms. The van der Waals surface area contributed by atoms with E-state index in [-0.39, 0.29) is 35.4 Å². The van der Waals surface area contributed by atoms with Gasteiger partial charge < -0.3 is 19.4 Å². The quantitative estimate of drug-likeness (QED) is 0.525. The first kappa shape index (κ1) is 29.6. The fourth-order valence-electron chi connectivity index (χ4n) is 4.72. The molecule has 3 rings (SSSR count). The molecule has 1 aliphatic rings. The lowest BCUT2D eigenvalue weighted by atomic mass is 10.1. The second-order valence-electron chi connectivity index (χ2n) is 10.0. The third-order valence-electron chi connectivity index (χ3n) is 6.61. The molecule has 8 nitrogen and oxygen atoms in total. The van der Waals surface area contributed by atoms with E-state index in [1.807, 2.05) is 24.3 Å². The second-order valence-corrected chi connectivity index (χ2v) is 12.1. The molecule has 0 atom stereocenters. The van der Waals surface area contributed by atoms with E-state index in [0.717, 1.165) is 36.8 Å². The van der Waals surface area contributed by atoms with E-state index in [4.69, 9.17) is 4.74 Å². The molecule has 1 heterocycles. The first-order valence-electron chi connectivity index (χ1n) is 12.9. The first-order valence-corrected chi connectivity index (χ1v) is 14.6. The fraction of sp³-hybridized carbons (Fsp3) is 0.500. The van der Waals surface area contributed by atoms with Crippen LogP contribution in [0.2, 0.25) is 0 Å². The van der Waals surface area contributed by atoms with Crippen LogP contribution in [0.4, 0.5) is 10.1 Å². The first-order chi connectivity index (χ1) is 18.0. The van der Waals surface area contributed by atoms with Gasteiger partial charge in [-0.1, -0.05) is 32.0 Å². The van der Waals surface area contributed by atoms with E-state index in [2.05, 4.69) is 18.7 Å². The molecule has 0 aromatic heterocycles. The van der Waals surface area contributed by atoms with Gasteiger partial charge >= 0.3 is 0 Å². The molecule has 0 N–H and O–H groups in total. The summed E-state index contributed by atoms with van der Waals surface area (Å²) in [6.45, 7) is 9.35. The van der Waals surface area contributed by atoms with Gasteiger partial charge in [0.05, 0.1) is 17.8 Å². The second kappa shape index (κ2) is 13.2. The van der Waals surface area contributed by atoms with Gasteiger partial charge in [-0.25, -0.2) is 12.8 Å². The topological polar surface area (TPSA) is 87.2 Å². The monoisotopic (exact) mass is 547 g/mol. The Morgan fingerprint density at radius 3 is 2.45 bits per heavy atom. The standard InChI is InChI=1S/C28H38FN3O5S/c1-21(2)19-30-13-7-14-32(22(3)33)26-9-6-5-8-23(26)20-31(16-15-30)28(34)12-17-38(35,36)24-10-11-27(37-4)25(29)18-24/h5-6,8-11,18,21H,7,12-17,19-20H2,1-4H3. The predicted octanol–water partition coefficient (Wildman–Crippen LogP) is 3.74. The van der Waals surface area contributed by atoms with Crippen molar-refractivity contribution < 1.29 is 27.1 Å². The van der Waals surface area contributed by atoms with E-state index < -0.39 is 21.4 Å². The van der Waals surface area contributed by atoms with Crippen LogP contribution in [-0.2, 0) is 26.0 Å². The third-order valence-corrected chi connectivity index (χ3v) is 8.32. The lowest BCUT2D eigenvalue weighted by molar-refractivity contribution is -0.131. The molecule has 0 aliphatic carbocycles. The van der Waals surface area contributed by atoms with Crippen molar-refractivity contribution in [2.75, 3.05) is 50.5 Å². The van der Waals surface area contributed by atoms with Gasteiger partial charge in [0.15, 0.2) is 21.4 Å². The number of amides is 2. The molecule has 1 aliphatic heterocycles. The smallest absolute Gasteiger partial charge is 0.223 e. The summed E-state index contributed by atoms with van der Waals surface area (Å²) in [4.78, 5) is 31.5. The minimum absolute atomic E-state index is 0.0484. The number of methoxy groups -OCH3 is 1. The number of hydrogen-bond acceptors (Lipinski definition) is 6. The Bertz CT molecular complexity index is 1230. The number of ether oxygens (including phenoxy) is 1. The highest BCUT2D eigenvalue weighted by Crippen LogP contribution is 2.25. The lowest BCUT2D eigenvalue weighted by Crippen LogP contribution is -2.40. The fourth-order valence-corrected chi connectivity index (χ4v) is 5.95. The summed E-state index contributed by atoms with van der Waals surface area (Å²) in [6.07, 6.45) is 0.560.